The van der Waals surface area contributed by atoms with E-state index in [4.69, 9.17) is 17.3 Å². The fourth-order valence-corrected chi connectivity index (χ4v) is 2.17. The van der Waals surface area contributed by atoms with Crippen molar-refractivity contribution in [1.82, 2.24) is 10.3 Å². The highest BCUT2D eigenvalue weighted by atomic mass is 35.5. The first-order valence-electron chi connectivity index (χ1n) is 5.83. The Morgan fingerprint density at radius 1 is 1.71 bits per heavy atom. The molecule has 0 radical (unpaired) electrons. The molecule has 17 heavy (non-hydrogen) atoms. The van der Waals surface area contributed by atoms with Crippen LogP contribution in [0.2, 0.25) is 5.15 Å². The maximum absolute atomic E-state index is 11.9. The number of halogens is 1. The van der Waals surface area contributed by atoms with E-state index in [0.717, 1.165) is 19.3 Å². The van der Waals surface area contributed by atoms with E-state index in [-0.39, 0.29) is 11.1 Å². The molecule has 1 aromatic rings. The topological polar surface area (TPSA) is 68.0 Å². The highest BCUT2D eigenvalue weighted by Crippen LogP contribution is 2.34. The molecule has 1 fully saturated rings. The number of nitrogens with zero attached hydrogens (tertiary/aromatic N) is 1. The van der Waals surface area contributed by atoms with Gasteiger partial charge in [-0.15, -0.1) is 0 Å². The first-order chi connectivity index (χ1) is 8.11. The molecule has 5 heteroatoms. The summed E-state index contributed by atoms with van der Waals surface area (Å²) in [6.45, 7) is 2.15. The third kappa shape index (κ3) is 2.88. The number of amides is 1. The van der Waals surface area contributed by atoms with Gasteiger partial charge in [0.1, 0.15) is 5.15 Å². The fraction of sp³-hybridized carbons (Fsp3) is 0.500. The molecule has 3 N–H and O–H groups in total. The summed E-state index contributed by atoms with van der Waals surface area (Å²) in [5.74, 6) is 0.440. The zero-order valence-corrected chi connectivity index (χ0v) is 10.5. The number of carbonyl (C=O) groups is 1. The molecule has 0 bridgehead atoms. The third-order valence-corrected chi connectivity index (χ3v) is 3.30. The standard InChI is InChI=1S/C12H16ClN3O/c1-2-3-7-4-10(7)16-12(17)9-5-8(14)6-15-11(9)13/h5-7,10H,2-4,14H2,1H3,(H,16,17). The normalized spacial score (nSPS) is 22.2. The SMILES string of the molecule is CCCC1CC1NC(=O)c1cc(N)cnc1Cl. The number of hydrogen-bond donors (Lipinski definition) is 2. The second-order valence-corrected chi connectivity index (χ2v) is 4.83. The third-order valence-electron chi connectivity index (χ3n) is 3.00. The minimum atomic E-state index is -0.182. The van der Waals surface area contributed by atoms with Crippen molar-refractivity contribution < 1.29 is 4.79 Å². The monoisotopic (exact) mass is 253 g/mol. The van der Waals surface area contributed by atoms with Gasteiger partial charge in [-0.2, -0.15) is 0 Å². The van der Waals surface area contributed by atoms with Gasteiger partial charge in [-0.1, -0.05) is 24.9 Å². The Labute approximate surface area is 106 Å². The predicted molar refractivity (Wildman–Crippen MR) is 67.9 cm³/mol. The van der Waals surface area contributed by atoms with Crippen LogP contribution in [0.15, 0.2) is 12.3 Å². The van der Waals surface area contributed by atoms with Crippen LogP contribution in [0.4, 0.5) is 5.69 Å². The van der Waals surface area contributed by atoms with Gasteiger partial charge in [-0.3, -0.25) is 4.79 Å². The van der Waals surface area contributed by atoms with E-state index in [0.29, 0.717) is 23.2 Å². The molecule has 0 saturated heterocycles. The van der Waals surface area contributed by atoms with Crippen LogP contribution in [0.3, 0.4) is 0 Å². The van der Waals surface area contributed by atoms with Gasteiger partial charge in [-0.05, 0) is 24.8 Å². The number of nitrogens with one attached hydrogen (secondary N) is 1. The number of rotatable bonds is 4. The Morgan fingerprint density at radius 3 is 3.18 bits per heavy atom. The summed E-state index contributed by atoms with van der Waals surface area (Å²) in [5, 5.41) is 3.15. The molecule has 0 spiro atoms. The van der Waals surface area contributed by atoms with E-state index in [9.17, 15) is 4.79 Å². The van der Waals surface area contributed by atoms with Crippen LogP contribution in [-0.2, 0) is 0 Å². The van der Waals surface area contributed by atoms with Gasteiger partial charge < -0.3 is 11.1 Å². The van der Waals surface area contributed by atoms with Gasteiger partial charge in [-0.25, -0.2) is 4.98 Å². The molecule has 1 saturated carbocycles. The van der Waals surface area contributed by atoms with Gasteiger partial charge in [0.25, 0.3) is 5.91 Å². The Balaban J connectivity index is 1.98. The molecule has 1 aliphatic rings. The fourth-order valence-electron chi connectivity index (χ4n) is 1.98. The minimum absolute atomic E-state index is 0.182. The van der Waals surface area contributed by atoms with Crippen molar-refractivity contribution >= 4 is 23.2 Å². The van der Waals surface area contributed by atoms with Gasteiger partial charge in [0.2, 0.25) is 0 Å². The van der Waals surface area contributed by atoms with Crippen LogP contribution in [0.5, 0.6) is 0 Å². The largest absolute Gasteiger partial charge is 0.397 e. The molecule has 0 aliphatic heterocycles. The zero-order valence-electron chi connectivity index (χ0n) is 9.74. The molecule has 92 valence electrons. The molecule has 0 aromatic carbocycles. The molecule has 2 unspecified atom stereocenters. The van der Waals surface area contributed by atoms with Crippen molar-refractivity contribution in [1.29, 1.82) is 0 Å². The number of pyridine rings is 1. The Hall–Kier alpha value is -1.29. The Bertz CT molecular complexity index is 436. The smallest absolute Gasteiger partial charge is 0.254 e. The van der Waals surface area contributed by atoms with Crippen molar-refractivity contribution in [3.63, 3.8) is 0 Å². The van der Waals surface area contributed by atoms with E-state index >= 15 is 0 Å². The minimum Gasteiger partial charge on any atom is -0.397 e. The number of carbonyl (C=O) groups excluding carboxylic acids is 1. The van der Waals surface area contributed by atoms with E-state index in [2.05, 4.69) is 17.2 Å². The number of nitrogen functional groups attached to an aromatic ring is 1. The van der Waals surface area contributed by atoms with E-state index in [1.807, 2.05) is 0 Å². The quantitative estimate of drug-likeness (QED) is 0.809. The zero-order chi connectivity index (χ0) is 12.4. The van der Waals surface area contributed by atoms with Gasteiger partial charge in [0.15, 0.2) is 0 Å². The number of anilines is 1. The first kappa shape index (κ1) is 12.2. The lowest BCUT2D eigenvalue weighted by Gasteiger charge is -2.06. The van der Waals surface area contributed by atoms with Crippen LogP contribution in [0.1, 0.15) is 36.5 Å². The predicted octanol–water partition coefficient (Wildman–Crippen LogP) is 2.24. The molecule has 4 nitrogen and oxygen atoms in total. The summed E-state index contributed by atoms with van der Waals surface area (Å²) in [6, 6.07) is 1.85. The maximum atomic E-state index is 11.9. The molecule has 1 heterocycles. The lowest BCUT2D eigenvalue weighted by atomic mass is 10.2. The van der Waals surface area contributed by atoms with Crippen LogP contribution in [0, 0.1) is 5.92 Å². The highest BCUT2D eigenvalue weighted by Gasteiger charge is 2.37. The van der Waals surface area contributed by atoms with Crippen LogP contribution in [0.25, 0.3) is 0 Å². The number of aromatic nitrogens is 1. The lowest BCUT2D eigenvalue weighted by Crippen LogP contribution is -2.27. The lowest BCUT2D eigenvalue weighted by molar-refractivity contribution is 0.0948. The summed E-state index contributed by atoms with van der Waals surface area (Å²) >= 11 is 5.86. The van der Waals surface area contributed by atoms with Crippen molar-refractivity contribution in [3.05, 3.63) is 23.0 Å². The van der Waals surface area contributed by atoms with Crippen molar-refractivity contribution in [2.75, 3.05) is 5.73 Å². The second-order valence-electron chi connectivity index (χ2n) is 4.47. The molecular weight excluding hydrogens is 238 g/mol. The van der Waals surface area contributed by atoms with Crippen molar-refractivity contribution in [3.8, 4) is 0 Å². The summed E-state index contributed by atoms with van der Waals surface area (Å²) in [6.07, 6.45) is 4.81. The Morgan fingerprint density at radius 2 is 2.47 bits per heavy atom. The average molecular weight is 254 g/mol. The number of nitrogens with two attached hydrogens (primary N) is 1. The van der Waals surface area contributed by atoms with E-state index in [1.54, 1.807) is 6.07 Å². The Kier molecular flexibility index (Phi) is 3.52. The number of hydrogen-bond acceptors (Lipinski definition) is 3. The van der Waals surface area contributed by atoms with E-state index < -0.39 is 0 Å². The average Bonchev–Trinajstić information content (AvgIpc) is 3.00. The summed E-state index contributed by atoms with van der Waals surface area (Å²) in [4.78, 5) is 15.8. The molecule has 2 rings (SSSR count). The molecular formula is C12H16ClN3O. The molecule has 1 amide bonds. The maximum Gasteiger partial charge on any atom is 0.254 e. The van der Waals surface area contributed by atoms with E-state index in [1.165, 1.54) is 6.20 Å². The second kappa shape index (κ2) is 4.92. The van der Waals surface area contributed by atoms with Gasteiger partial charge in [0, 0.05) is 6.04 Å². The van der Waals surface area contributed by atoms with Crippen LogP contribution < -0.4 is 11.1 Å². The first-order valence-corrected chi connectivity index (χ1v) is 6.21. The highest BCUT2D eigenvalue weighted by molar-refractivity contribution is 6.32. The van der Waals surface area contributed by atoms with Crippen LogP contribution in [-0.4, -0.2) is 16.9 Å². The van der Waals surface area contributed by atoms with Crippen molar-refractivity contribution in [2.24, 2.45) is 5.92 Å². The molecule has 1 aliphatic carbocycles. The van der Waals surface area contributed by atoms with Gasteiger partial charge >= 0.3 is 0 Å². The van der Waals surface area contributed by atoms with Gasteiger partial charge in [0.05, 0.1) is 17.4 Å². The molecule has 2 atom stereocenters. The van der Waals surface area contributed by atoms with Crippen LogP contribution >= 0.6 is 11.6 Å². The summed E-state index contributed by atoms with van der Waals surface area (Å²) in [5.41, 5.74) is 6.39. The van der Waals surface area contributed by atoms with Crippen molar-refractivity contribution in [2.45, 2.75) is 32.2 Å². The molecule has 1 aromatic heterocycles. The summed E-state index contributed by atoms with van der Waals surface area (Å²) in [7, 11) is 0. The summed E-state index contributed by atoms with van der Waals surface area (Å²) < 4.78 is 0.